The van der Waals surface area contributed by atoms with Gasteiger partial charge in [-0.2, -0.15) is 0 Å². The smallest absolute Gasteiger partial charge is 0.382 e. The molecule has 42 heavy (non-hydrogen) atoms. The standard InChI is InChI=1S/C20H23FN10O8P2S/c21-9-1-13(30-7-28-15-17(22)24-5-26-19(15)30)37-11(9)3-35-40(32)39-10-2-14(38-12(10)4-36-41(33,34)42)31-8-29-16-18(23)25-6-27-20(16)31/h5-14H,1-4H2,(H5-,22,23,24,25,26,27,33,34,42)/p+1/t9-,10-,11+,12+,13+,14+/m0/s1. The summed E-state index contributed by atoms with van der Waals surface area (Å²) in [6, 6.07) is 0. The molecule has 0 radical (unpaired) electrons. The second-order valence-corrected chi connectivity index (χ2v) is 12.9. The molecule has 0 aliphatic carbocycles. The van der Waals surface area contributed by atoms with Gasteiger partial charge < -0.3 is 35.3 Å². The third-order valence-electron chi connectivity index (χ3n) is 6.71. The van der Waals surface area contributed by atoms with Crippen molar-refractivity contribution in [2.24, 2.45) is 0 Å². The Morgan fingerprint density at radius 3 is 2.12 bits per heavy atom. The summed E-state index contributed by atoms with van der Waals surface area (Å²) in [7, 11) is -2.80. The number of aromatic nitrogens is 8. The number of alkyl halides is 1. The maximum absolute atomic E-state index is 14.9. The van der Waals surface area contributed by atoms with E-state index < -0.39 is 51.9 Å². The summed E-state index contributed by atoms with van der Waals surface area (Å²) in [4.78, 5) is 43.5. The van der Waals surface area contributed by atoms with Crippen molar-refractivity contribution in [3.63, 3.8) is 0 Å². The van der Waals surface area contributed by atoms with Gasteiger partial charge in [-0.05, 0) is 11.8 Å². The zero-order valence-corrected chi connectivity index (χ0v) is 24.0. The van der Waals surface area contributed by atoms with Crippen molar-refractivity contribution in [2.45, 2.75) is 49.8 Å². The highest BCUT2D eigenvalue weighted by molar-refractivity contribution is 8.06. The molecule has 6 N–H and O–H groups in total. The lowest BCUT2D eigenvalue weighted by Gasteiger charge is -2.17. The van der Waals surface area contributed by atoms with E-state index in [9.17, 15) is 18.7 Å². The first kappa shape index (κ1) is 29.2. The van der Waals surface area contributed by atoms with Gasteiger partial charge in [0.2, 0.25) is 0 Å². The van der Waals surface area contributed by atoms with Crippen LogP contribution in [-0.4, -0.2) is 86.5 Å². The van der Waals surface area contributed by atoms with Gasteiger partial charge in [-0.3, -0.25) is 9.13 Å². The Balaban J connectivity index is 1.10. The molecule has 2 aliphatic rings. The lowest BCUT2D eigenvalue weighted by Crippen LogP contribution is -2.28. The summed E-state index contributed by atoms with van der Waals surface area (Å²) in [6.07, 6.45) is -0.360. The predicted octanol–water partition coefficient (Wildman–Crippen LogP) is 1.03. The van der Waals surface area contributed by atoms with Gasteiger partial charge in [0.15, 0.2) is 22.9 Å². The molecule has 4 aromatic heterocycles. The van der Waals surface area contributed by atoms with Crippen LogP contribution in [0.1, 0.15) is 25.3 Å². The SMILES string of the molecule is Nc1ncnc2c1ncn2[C@H]1C[C@H](O[P+](=O)OC[C@H]2O[C@@H](n3cnc4c(N)ncnc43)C[C@@H]2F)[C@@H](COP(O)(O)=S)O1. The van der Waals surface area contributed by atoms with E-state index in [0.717, 1.165) is 0 Å². The Hall–Kier alpha value is -2.90. The second-order valence-electron chi connectivity index (χ2n) is 9.36. The molecule has 0 saturated carbocycles. The highest BCUT2D eigenvalue weighted by Gasteiger charge is 2.46. The van der Waals surface area contributed by atoms with Crippen LogP contribution in [0.2, 0.25) is 0 Å². The zero-order valence-electron chi connectivity index (χ0n) is 21.4. The highest BCUT2D eigenvalue weighted by atomic mass is 32.5. The minimum Gasteiger partial charge on any atom is -0.382 e. The Bertz CT molecular complexity index is 1670. The third kappa shape index (κ3) is 5.96. The van der Waals surface area contributed by atoms with Crippen molar-refractivity contribution < 1.29 is 41.8 Å². The van der Waals surface area contributed by atoms with E-state index >= 15 is 0 Å². The van der Waals surface area contributed by atoms with Gasteiger partial charge in [0.25, 0.3) is 0 Å². The Morgan fingerprint density at radius 1 is 0.952 bits per heavy atom. The number of fused-ring (bicyclic) bond motifs is 2. The van der Waals surface area contributed by atoms with Gasteiger partial charge in [-0.25, -0.2) is 34.3 Å². The summed E-state index contributed by atoms with van der Waals surface area (Å²) < 4.78 is 58.4. The van der Waals surface area contributed by atoms with E-state index in [1.807, 2.05) is 0 Å². The van der Waals surface area contributed by atoms with E-state index in [1.54, 1.807) is 9.13 Å². The molecule has 0 bridgehead atoms. The average molecular weight is 645 g/mol. The maximum Gasteiger partial charge on any atom is 0.697 e. The van der Waals surface area contributed by atoms with Crippen molar-refractivity contribution in [1.82, 2.24) is 39.0 Å². The molecular weight excluding hydrogens is 621 g/mol. The first-order valence-electron chi connectivity index (χ1n) is 12.4. The van der Waals surface area contributed by atoms with Crippen LogP contribution in [0.5, 0.6) is 0 Å². The number of halogens is 1. The number of nitrogens with zero attached hydrogens (tertiary/aromatic N) is 8. The zero-order chi connectivity index (χ0) is 29.6. The summed E-state index contributed by atoms with van der Waals surface area (Å²) in [5, 5.41) is 0. The molecule has 0 amide bonds. The van der Waals surface area contributed by atoms with Gasteiger partial charge in [-0.15, -0.1) is 9.05 Å². The largest absolute Gasteiger partial charge is 0.697 e. The van der Waals surface area contributed by atoms with Gasteiger partial charge in [-0.1, -0.05) is 0 Å². The fourth-order valence-corrected chi connectivity index (χ4v) is 6.05. The normalized spacial score (nSPS) is 26.9. The molecule has 22 heteroatoms. The monoisotopic (exact) mass is 645 g/mol. The second kappa shape index (κ2) is 11.6. The number of imidazole rings is 2. The molecule has 0 aromatic carbocycles. The van der Waals surface area contributed by atoms with Crippen LogP contribution >= 0.6 is 15.0 Å². The van der Waals surface area contributed by atoms with Gasteiger partial charge in [0.1, 0.15) is 67.2 Å². The van der Waals surface area contributed by atoms with Crippen LogP contribution in [-0.2, 0) is 39.4 Å². The number of ether oxygens (including phenoxy) is 2. The molecule has 2 aliphatic heterocycles. The number of nitrogen functional groups attached to an aromatic ring is 2. The highest BCUT2D eigenvalue weighted by Crippen LogP contribution is 2.43. The van der Waals surface area contributed by atoms with E-state index in [4.69, 9.17) is 34.5 Å². The van der Waals surface area contributed by atoms with Crippen molar-refractivity contribution in [3.8, 4) is 0 Å². The fraction of sp³-hybridized carbons (Fsp3) is 0.500. The van der Waals surface area contributed by atoms with E-state index in [2.05, 4.69) is 41.7 Å². The topological polar surface area (TPSA) is 243 Å². The number of hydrogen-bond donors (Lipinski definition) is 4. The first-order chi connectivity index (χ1) is 20.1. The number of nitrogens with two attached hydrogens (primary N) is 2. The summed E-state index contributed by atoms with van der Waals surface area (Å²) in [6.45, 7) is -4.79. The average Bonchev–Trinajstić information content (AvgIpc) is 3.71. The van der Waals surface area contributed by atoms with E-state index in [1.165, 1.54) is 25.3 Å². The Kier molecular flexibility index (Phi) is 8.09. The van der Waals surface area contributed by atoms with Gasteiger partial charge in [0, 0.05) is 17.4 Å². The van der Waals surface area contributed by atoms with Crippen LogP contribution in [0, 0.1) is 0 Å². The van der Waals surface area contributed by atoms with Crippen LogP contribution in [0.25, 0.3) is 22.3 Å². The molecule has 1 unspecified atom stereocenters. The molecular formula is C20H24FN10O8P2S+. The minimum absolute atomic E-state index is 0.0280. The summed E-state index contributed by atoms with van der Waals surface area (Å²) in [5.41, 5.74) is 13.2. The molecule has 0 spiro atoms. The van der Waals surface area contributed by atoms with E-state index in [0.29, 0.717) is 22.3 Å². The van der Waals surface area contributed by atoms with Crippen LogP contribution in [0.4, 0.5) is 16.0 Å². The van der Waals surface area contributed by atoms with Crippen LogP contribution < -0.4 is 11.5 Å². The van der Waals surface area contributed by atoms with Crippen LogP contribution in [0.3, 0.4) is 0 Å². The lowest BCUT2D eigenvalue weighted by atomic mass is 10.2. The minimum atomic E-state index is -4.03. The summed E-state index contributed by atoms with van der Waals surface area (Å²) >= 11 is 4.52. The predicted molar refractivity (Wildman–Crippen MR) is 145 cm³/mol. The first-order valence-corrected chi connectivity index (χ1v) is 16.1. The number of rotatable bonds is 10. The fourth-order valence-electron chi connectivity index (χ4n) is 4.75. The molecule has 224 valence electrons. The van der Waals surface area contributed by atoms with Gasteiger partial charge in [0.05, 0.1) is 19.3 Å². The Labute approximate surface area is 241 Å². The van der Waals surface area contributed by atoms with Crippen molar-refractivity contribution in [1.29, 1.82) is 0 Å². The molecule has 18 nitrogen and oxygen atoms in total. The number of anilines is 2. The van der Waals surface area contributed by atoms with Crippen molar-refractivity contribution >= 4 is 60.7 Å². The molecule has 4 aromatic rings. The van der Waals surface area contributed by atoms with Crippen molar-refractivity contribution in [2.75, 3.05) is 24.7 Å². The number of hydrogen-bond acceptors (Lipinski definition) is 15. The third-order valence-corrected chi connectivity index (χ3v) is 8.31. The maximum atomic E-state index is 14.9. The molecule has 7 atom stereocenters. The van der Waals surface area contributed by atoms with Crippen molar-refractivity contribution in [3.05, 3.63) is 25.3 Å². The Morgan fingerprint density at radius 2 is 1.52 bits per heavy atom. The molecule has 6 rings (SSSR count). The lowest BCUT2D eigenvalue weighted by molar-refractivity contribution is -0.0417. The molecule has 2 saturated heterocycles. The molecule has 6 heterocycles. The van der Waals surface area contributed by atoms with E-state index in [-0.39, 0.29) is 37.7 Å². The quantitative estimate of drug-likeness (QED) is 0.176. The van der Waals surface area contributed by atoms with Crippen LogP contribution in [0.15, 0.2) is 25.3 Å². The summed E-state index contributed by atoms with van der Waals surface area (Å²) in [5.74, 6) is 0.351. The molecule has 2 fully saturated rings. The van der Waals surface area contributed by atoms with Gasteiger partial charge >= 0.3 is 15.0 Å².